The first-order valence-corrected chi connectivity index (χ1v) is 7.87. The summed E-state index contributed by atoms with van der Waals surface area (Å²) in [7, 11) is 0. The van der Waals surface area contributed by atoms with Gasteiger partial charge in [-0.3, -0.25) is 9.59 Å². The minimum absolute atomic E-state index is 0.380. The first kappa shape index (κ1) is 15.9. The van der Waals surface area contributed by atoms with Crippen molar-refractivity contribution in [3.05, 3.63) is 83.4 Å². The van der Waals surface area contributed by atoms with Gasteiger partial charge in [-0.1, -0.05) is 60.2 Å². The van der Waals surface area contributed by atoms with E-state index in [0.29, 0.717) is 11.8 Å². The van der Waals surface area contributed by atoms with Gasteiger partial charge in [-0.2, -0.15) is 0 Å². The lowest BCUT2D eigenvalue weighted by Crippen LogP contribution is -2.03. The van der Waals surface area contributed by atoms with Crippen LogP contribution in [0.5, 0.6) is 0 Å². The van der Waals surface area contributed by atoms with Gasteiger partial charge in [-0.15, -0.1) is 0 Å². The van der Waals surface area contributed by atoms with Crippen LogP contribution in [-0.2, 0) is 4.79 Å². The molecule has 0 N–H and O–H groups in total. The molecule has 0 amide bonds. The molecule has 3 rings (SSSR count). The molecule has 118 valence electrons. The number of benzene rings is 3. The van der Waals surface area contributed by atoms with Gasteiger partial charge in [-0.05, 0) is 53.8 Å². The van der Waals surface area contributed by atoms with Crippen molar-refractivity contribution in [2.45, 2.75) is 13.8 Å². The highest BCUT2D eigenvalue weighted by Crippen LogP contribution is 2.31. The van der Waals surface area contributed by atoms with Crippen molar-refractivity contribution in [2.75, 3.05) is 0 Å². The number of hydrogen-bond acceptors (Lipinski definition) is 2. The van der Waals surface area contributed by atoms with Gasteiger partial charge in [0.05, 0.1) is 0 Å². The lowest BCUT2D eigenvalue weighted by molar-refractivity contribution is -0.104. The lowest BCUT2D eigenvalue weighted by Gasteiger charge is -2.12. The van der Waals surface area contributed by atoms with Gasteiger partial charge < -0.3 is 0 Å². The zero-order valence-electron chi connectivity index (χ0n) is 13.7. The molecule has 0 saturated heterocycles. The molecule has 0 spiro atoms. The number of rotatable bonds is 4. The van der Waals surface area contributed by atoms with Crippen LogP contribution in [0.4, 0.5) is 0 Å². The van der Waals surface area contributed by atoms with E-state index in [2.05, 4.69) is 25.1 Å². The summed E-state index contributed by atoms with van der Waals surface area (Å²) in [4.78, 5) is 23.0. The van der Waals surface area contributed by atoms with E-state index in [1.165, 1.54) is 5.56 Å². The molecule has 2 nitrogen and oxygen atoms in total. The van der Waals surface area contributed by atoms with Crippen molar-refractivity contribution in [3.8, 4) is 22.3 Å². The van der Waals surface area contributed by atoms with E-state index >= 15 is 0 Å². The second-order valence-corrected chi connectivity index (χ2v) is 5.93. The fraction of sp³-hybridized carbons (Fsp3) is 0.0909. The molecule has 0 aliphatic heterocycles. The van der Waals surface area contributed by atoms with Crippen LogP contribution in [0, 0.1) is 13.8 Å². The first-order valence-electron chi connectivity index (χ1n) is 7.87. The molecule has 24 heavy (non-hydrogen) atoms. The van der Waals surface area contributed by atoms with E-state index < -0.39 is 5.78 Å². The Balaban J connectivity index is 2.18. The Labute approximate surface area is 141 Å². The van der Waals surface area contributed by atoms with Crippen LogP contribution in [0.15, 0.2) is 66.7 Å². The Bertz CT molecular complexity index is 909. The van der Waals surface area contributed by atoms with Crippen LogP contribution in [0.1, 0.15) is 21.5 Å². The summed E-state index contributed by atoms with van der Waals surface area (Å²) in [5.41, 5.74) is 6.55. The number of hydrogen-bond donors (Lipinski definition) is 0. The smallest absolute Gasteiger partial charge is 0.225 e. The third-order valence-electron chi connectivity index (χ3n) is 4.18. The van der Waals surface area contributed by atoms with Crippen molar-refractivity contribution >= 4 is 12.1 Å². The third-order valence-corrected chi connectivity index (χ3v) is 4.18. The summed E-state index contributed by atoms with van der Waals surface area (Å²) < 4.78 is 0. The van der Waals surface area contributed by atoms with Crippen molar-refractivity contribution in [2.24, 2.45) is 0 Å². The molecule has 0 heterocycles. The average molecular weight is 314 g/mol. The quantitative estimate of drug-likeness (QED) is 0.385. The first-order chi connectivity index (χ1) is 11.6. The molecular formula is C22H18O2. The molecule has 0 saturated carbocycles. The highest BCUT2D eigenvalue weighted by Gasteiger charge is 2.13. The molecule has 0 fully saturated rings. The maximum atomic E-state index is 12.0. The molecule has 0 atom stereocenters. The van der Waals surface area contributed by atoms with Gasteiger partial charge in [0.1, 0.15) is 0 Å². The van der Waals surface area contributed by atoms with Gasteiger partial charge >= 0.3 is 0 Å². The minimum atomic E-state index is -0.490. The molecule has 3 aromatic carbocycles. The normalized spacial score (nSPS) is 10.4. The molecular weight excluding hydrogens is 296 g/mol. The largest absolute Gasteiger partial charge is 0.294 e. The molecule has 2 heteroatoms. The number of carbonyl (C=O) groups is 2. The highest BCUT2D eigenvalue weighted by atomic mass is 16.2. The van der Waals surface area contributed by atoms with E-state index in [-0.39, 0.29) is 0 Å². The molecule has 3 aromatic rings. The monoisotopic (exact) mass is 314 g/mol. The minimum Gasteiger partial charge on any atom is -0.294 e. The summed E-state index contributed by atoms with van der Waals surface area (Å²) in [5, 5.41) is 0. The Morgan fingerprint density at radius 2 is 1.54 bits per heavy atom. The molecule has 0 aromatic heterocycles. The van der Waals surface area contributed by atoms with Crippen LogP contribution < -0.4 is 0 Å². The van der Waals surface area contributed by atoms with E-state index in [9.17, 15) is 9.59 Å². The summed E-state index contributed by atoms with van der Waals surface area (Å²) >= 11 is 0. The molecule has 0 bridgehead atoms. The van der Waals surface area contributed by atoms with Crippen LogP contribution in [0.25, 0.3) is 22.3 Å². The zero-order chi connectivity index (χ0) is 17.1. The second kappa shape index (κ2) is 6.63. The molecule has 0 unspecified atom stereocenters. The maximum Gasteiger partial charge on any atom is 0.225 e. The van der Waals surface area contributed by atoms with E-state index in [1.54, 1.807) is 6.07 Å². The number of carbonyl (C=O) groups excluding carboxylic acids is 2. The van der Waals surface area contributed by atoms with Crippen LogP contribution in [0.2, 0.25) is 0 Å². The highest BCUT2D eigenvalue weighted by molar-refractivity contribution is 6.35. The topological polar surface area (TPSA) is 34.1 Å². The van der Waals surface area contributed by atoms with Crippen molar-refractivity contribution in [1.29, 1.82) is 0 Å². The third kappa shape index (κ3) is 3.04. The molecule has 0 radical (unpaired) electrons. The Hall–Kier alpha value is -3.00. The summed E-state index contributed by atoms with van der Waals surface area (Å²) in [6, 6.07) is 21.9. The Morgan fingerprint density at radius 3 is 2.25 bits per heavy atom. The van der Waals surface area contributed by atoms with Crippen LogP contribution in [-0.4, -0.2) is 12.1 Å². The fourth-order valence-corrected chi connectivity index (χ4v) is 2.90. The number of Topliss-reactive ketones (excluding diaryl/α,β-unsaturated/α-hetero) is 1. The predicted molar refractivity (Wildman–Crippen MR) is 97.2 cm³/mol. The SMILES string of the molecule is Cc1ccc(-c2ccc(C)c(-c3ccccc3)c2)c(C(=O)C=O)c1. The second-order valence-electron chi connectivity index (χ2n) is 5.93. The summed E-state index contributed by atoms with van der Waals surface area (Å²) in [5.74, 6) is -0.490. The van der Waals surface area contributed by atoms with E-state index in [1.807, 2.05) is 49.4 Å². The van der Waals surface area contributed by atoms with Crippen molar-refractivity contribution < 1.29 is 9.59 Å². The average Bonchev–Trinajstić information content (AvgIpc) is 2.62. The maximum absolute atomic E-state index is 12.0. The summed E-state index contributed by atoms with van der Waals surface area (Å²) in [6.45, 7) is 3.98. The standard InChI is InChI=1S/C22H18O2/c1-15-8-11-19(21(12-15)22(24)14-23)18-10-9-16(2)20(13-18)17-6-4-3-5-7-17/h3-14H,1-2H3. The Kier molecular flexibility index (Phi) is 4.39. The van der Waals surface area contributed by atoms with Gasteiger partial charge in [0, 0.05) is 5.56 Å². The number of aryl methyl sites for hydroxylation is 2. The lowest BCUT2D eigenvalue weighted by atomic mass is 9.91. The predicted octanol–water partition coefficient (Wildman–Crippen LogP) is 5.02. The van der Waals surface area contributed by atoms with Crippen molar-refractivity contribution in [3.63, 3.8) is 0 Å². The van der Waals surface area contributed by atoms with Gasteiger partial charge in [0.25, 0.3) is 0 Å². The molecule has 0 aliphatic carbocycles. The van der Waals surface area contributed by atoms with E-state index in [0.717, 1.165) is 27.8 Å². The van der Waals surface area contributed by atoms with Crippen LogP contribution >= 0.6 is 0 Å². The summed E-state index contributed by atoms with van der Waals surface area (Å²) in [6.07, 6.45) is 0.380. The van der Waals surface area contributed by atoms with Gasteiger partial charge in [-0.25, -0.2) is 0 Å². The Morgan fingerprint density at radius 1 is 0.792 bits per heavy atom. The molecule has 0 aliphatic rings. The number of ketones is 1. The fourth-order valence-electron chi connectivity index (χ4n) is 2.90. The van der Waals surface area contributed by atoms with E-state index in [4.69, 9.17) is 0 Å². The van der Waals surface area contributed by atoms with Crippen LogP contribution in [0.3, 0.4) is 0 Å². The van der Waals surface area contributed by atoms with Gasteiger partial charge in [0.2, 0.25) is 5.78 Å². The van der Waals surface area contributed by atoms with Gasteiger partial charge in [0.15, 0.2) is 6.29 Å². The zero-order valence-corrected chi connectivity index (χ0v) is 13.7. The van der Waals surface area contributed by atoms with Crippen molar-refractivity contribution in [1.82, 2.24) is 0 Å². The number of aldehydes is 1.